The lowest BCUT2D eigenvalue weighted by molar-refractivity contribution is -0.132. The van der Waals surface area contributed by atoms with Crippen LogP contribution in [0.4, 0.5) is 5.69 Å². The largest absolute Gasteiger partial charge is 0.344 e. The van der Waals surface area contributed by atoms with Gasteiger partial charge in [-0.1, -0.05) is 24.6 Å². The molecule has 126 valence electrons. The quantitative estimate of drug-likeness (QED) is 0.876. The van der Waals surface area contributed by atoms with E-state index in [1.165, 1.54) is 12.8 Å². The highest BCUT2D eigenvalue weighted by molar-refractivity contribution is 5.93. The number of amides is 2. The number of likely N-dealkylation sites (N-methyl/N-ethyl adjacent to an activating group) is 2. The van der Waals surface area contributed by atoms with Crippen LogP contribution in [0, 0.1) is 0 Å². The first kappa shape index (κ1) is 17.5. The third-order valence-electron chi connectivity index (χ3n) is 4.46. The molecule has 1 heterocycles. The van der Waals surface area contributed by atoms with E-state index in [1.807, 2.05) is 37.4 Å². The minimum Gasteiger partial charge on any atom is -0.344 e. The summed E-state index contributed by atoms with van der Waals surface area (Å²) in [5.41, 5.74) is 0.766. The van der Waals surface area contributed by atoms with E-state index in [-0.39, 0.29) is 24.7 Å². The maximum absolute atomic E-state index is 12.2. The Kier molecular flexibility index (Phi) is 6.59. The zero-order valence-corrected chi connectivity index (χ0v) is 14.1. The van der Waals surface area contributed by atoms with Crippen LogP contribution in [0.1, 0.15) is 32.1 Å². The number of para-hydroxylation sites is 1. The van der Waals surface area contributed by atoms with Crippen LogP contribution in [0.5, 0.6) is 0 Å². The lowest BCUT2D eigenvalue weighted by Gasteiger charge is -2.35. The van der Waals surface area contributed by atoms with E-state index >= 15 is 0 Å². The normalized spacial score (nSPS) is 18.4. The molecule has 0 bridgehead atoms. The third-order valence-corrected chi connectivity index (χ3v) is 4.46. The summed E-state index contributed by atoms with van der Waals surface area (Å²) in [5.74, 6) is -0.0834. The smallest absolute Gasteiger partial charge is 0.224 e. The SMILES string of the molecule is CN(C[C@H]1CCCCN1C)C(=O)CCC(=O)Nc1ccccc1. The number of anilines is 1. The Morgan fingerprint density at radius 3 is 2.65 bits per heavy atom. The van der Waals surface area contributed by atoms with Gasteiger partial charge in [0.2, 0.25) is 11.8 Å². The first-order valence-electron chi connectivity index (χ1n) is 8.35. The number of hydrogen-bond donors (Lipinski definition) is 1. The first-order valence-corrected chi connectivity index (χ1v) is 8.35. The van der Waals surface area contributed by atoms with Gasteiger partial charge in [0.25, 0.3) is 0 Å². The number of carbonyl (C=O) groups is 2. The summed E-state index contributed by atoms with van der Waals surface area (Å²) in [5, 5.41) is 2.81. The van der Waals surface area contributed by atoms with E-state index in [1.54, 1.807) is 4.90 Å². The van der Waals surface area contributed by atoms with E-state index in [4.69, 9.17) is 0 Å². The topological polar surface area (TPSA) is 52.7 Å². The van der Waals surface area contributed by atoms with Gasteiger partial charge in [-0.3, -0.25) is 9.59 Å². The van der Waals surface area contributed by atoms with Crippen LogP contribution in [0.3, 0.4) is 0 Å². The Bertz CT molecular complexity index is 518. The number of hydrogen-bond acceptors (Lipinski definition) is 3. The summed E-state index contributed by atoms with van der Waals surface area (Å²) in [6.07, 6.45) is 4.09. The molecule has 5 heteroatoms. The number of likely N-dealkylation sites (tertiary alicyclic amines) is 1. The molecule has 1 aromatic carbocycles. The van der Waals surface area contributed by atoms with Gasteiger partial charge in [-0.15, -0.1) is 0 Å². The first-order chi connectivity index (χ1) is 11.1. The van der Waals surface area contributed by atoms with Crippen LogP contribution in [0.15, 0.2) is 30.3 Å². The zero-order chi connectivity index (χ0) is 16.7. The molecule has 0 unspecified atom stereocenters. The van der Waals surface area contributed by atoms with Gasteiger partial charge in [-0.05, 0) is 38.6 Å². The Morgan fingerprint density at radius 2 is 1.96 bits per heavy atom. The van der Waals surface area contributed by atoms with Crippen molar-refractivity contribution in [3.05, 3.63) is 30.3 Å². The van der Waals surface area contributed by atoms with Crippen molar-refractivity contribution in [3.8, 4) is 0 Å². The molecule has 1 aromatic rings. The van der Waals surface area contributed by atoms with Gasteiger partial charge in [-0.2, -0.15) is 0 Å². The monoisotopic (exact) mass is 317 g/mol. The maximum Gasteiger partial charge on any atom is 0.224 e. The molecule has 0 aliphatic carbocycles. The molecule has 2 amide bonds. The average Bonchev–Trinajstić information content (AvgIpc) is 2.55. The summed E-state index contributed by atoms with van der Waals surface area (Å²) in [4.78, 5) is 28.2. The Labute approximate surface area is 138 Å². The van der Waals surface area contributed by atoms with Crippen LogP contribution < -0.4 is 5.32 Å². The Balaban J connectivity index is 1.72. The van der Waals surface area contributed by atoms with Crippen molar-refractivity contribution in [2.45, 2.75) is 38.1 Å². The summed E-state index contributed by atoms with van der Waals surface area (Å²) >= 11 is 0. The lowest BCUT2D eigenvalue weighted by Crippen LogP contribution is -2.45. The molecule has 1 saturated heterocycles. The highest BCUT2D eigenvalue weighted by Gasteiger charge is 2.22. The molecule has 5 nitrogen and oxygen atoms in total. The fourth-order valence-electron chi connectivity index (χ4n) is 2.95. The van der Waals surface area contributed by atoms with Gasteiger partial charge in [0.05, 0.1) is 0 Å². The fourth-order valence-corrected chi connectivity index (χ4v) is 2.95. The summed E-state index contributed by atoms with van der Waals surface area (Å²) in [7, 11) is 3.95. The van der Waals surface area contributed by atoms with Crippen LogP contribution in [0.25, 0.3) is 0 Å². The molecule has 1 atom stereocenters. The third kappa shape index (κ3) is 5.67. The molecule has 0 saturated carbocycles. The number of carbonyl (C=O) groups excluding carboxylic acids is 2. The van der Waals surface area contributed by atoms with Crippen LogP contribution >= 0.6 is 0 Å². The molecule has 0 spiro atoms. The van der Waals surface area contributed by atoms with Gasteiger partial charge in [-0.25, -0.2) is 0 Å². The van der Waals surface area contributed by atoms with Crippen molar-refractivity contribution < 1.29 is 9.59 Å². The predicted molar refractivity (Wildman–Crippen MR) is 92.2 cm³/mol. The molecule has 0 radical (unpaired) electrons. The van der Waals surface area contributed by atoms with Crippen molar-refractivity contribution >= 4 is 17.5 Å². The molecule has 1 fully saturated rings. The van der Waals surface area contributed by atoms with E-state index in [0.29, 0.717) is 6.04 Å². The number of nitrogens with one attached hydrogen (secondary N) is 1. The zero-order valence-electron chi connectivity index (χ0n) is 14.1. The fraction of sp³-hybridized carbons (Fsp3) is 0.556. The van der Waals surface area contributed by atoms with E-state index in [2.05, 4.69) is 17.3 Å². The summed E-state index contributed by atoms with van der Waals surface area (Å²) < 4.78 is 0. The maximum atomic E-state index is 12.2. The van der Waals surface area contributed by atoms with Gasteiger partial charge in [0.1, 0.15) is 0 Å². The highest BCUT2D eigenvalue weighted by Crippen LogP contribution is 2.16. The molecule has 0 aromatic heterocycles. The standard InChI is InChI=1S/C18H27N3O2/c1-20-13-7-6-10-16(20)14-21(2)18(23)12-11-17(22)19-15-8-4-3-5-9-15/h3-5,8-9,16H,6-7,10-14H2,1-2H3,(H,19,22)/t16-/m1/s1. The predicted octanol–water partition coefficient (Wildman–Crippen LogP) is 2.35. The second-order valence-electron chi connectivity index (χ2n) is 6.32. The van der Waals surface area contributed by atoms with Crippen molar-refractivity contribution in [1.29, 1.82) is 0 Å². The summed E-state index contributed by atoms with van der Waals surface area (Å²) in [6.45, 7) is 1.85. The Morgan fingerprint density at radius 1 is 1.22 bits per heavy atom. The molecular weight excluding hydrogens is 290 g/mol. The number of rotatable bonds is 6. The average molecular weight is 317 g/mol. The molecular formula is C18H27N3O2. The number of nitrogens with zero attached hydrogens (tertiary/aromatic N) is 2. The molecule has 1 aliphatic rings. The minimum absolute atomic E-state index is 0.0344. The van der Waals surface area contributed by atoms with Crippen LogP contribution in [0.2, 0.25) is 0 Å². The van der Waals surface area contributed by atoms with Gasteiger partial charge in [0.15, 0.2) is 0 Å². The van der Waals surface area contributed by atoms with E-state index < -0.39 is 0 Å². The van der Waals surface area contributed by atoms with Crippen molar-refractivity contribution in [3.63, 3.8) is 0 Å². The van der Waals surface area contributed by atoms with Crippen molar-refractivity contribution in [2.24, 2.45) is 0 Å². The van der Waals surface area contributed by atoms with Gasteiger partial charge < -0.3 is 15.1 Å². The van der Waals surface area contributed by atoms with E-state index in [0.717, 1.165) is 25.2 Å². The van der Waals surface area contributed by atoms with Gasteiger partial charge >= 0.3 is 0 Å². The second kappa shape index (κ2) is 8.67. The molecule has 2 rings (SSSR count). The van der Waals surface area contributed by atoms with Crippen molar-refractivity contribution in [2.75, 3.05) is 32.5 Å². The minimum atomic E-state index is -0.118. The van der Waals surface area contributed by atoms with Crippen LogP contribution in [-0.2, 0) is 9.59 Å². The molecule has 23 heavy (non-hydrogen) atoms. The van der Waals surface area contributed by atoms with E-state index in [9.17, 15) is 9.59 Å². The number of benzene rings is 1. The molecule has 1 N–H and O–H groups in total. The lowest BCUT2D eigenvalue weighted by atomic mass is 10.0. The summed E-state index contributed by atoms with van der Waals surface area (Å²) in [6, 6.07) is 9.76. The Hall–Kier alpha value is -1.88. The highest BCUT2D eigenvalue weighted by atomic mass is 16.2. The second-order valence-corrected chi connectivity index (χ2v) is 6.32. The van der Waals surface area contributed by atoms with Crippen molar-refractivity contribution in [1.82, 2.24) is 9.80 Å². The molecule has 1 aliphatic heterocycles. The number of piperidine rings is 1. The van der Waals surface area contributed by atoms with Gasteiger partial charge in [0, 0.05) is 38.2 Å². The van der Waals surface area contributed by atoms with Crippen LogP contribution in [-0.4, -0.2) is 54.8 Å².